The van der Waals surface area contributed by atoms with Crippen molar-refractivity contribution in [3.63, 3.8) is 0 Å². The Bertz CT molecular complexity index is 781. The molecule has 2 aromatic carbocycles. The van der Waals surface area contributed by atoms with Crippen molar-refractivity contribution >= 4 is 29.8 Å². The highest BCUT2D eigenvalue weighted by Crippen LogP contribution is 2.23. The maximum atomic E-state index is 12.2. The van der Waals surface area contributed by atoms with Crippen LogP contribution in [0.2, 0.25) is 0 Å². The van der Waals surface area contributed by atoms with E-state index < -0.39 is 0 Å². The summed E-state index contributed by atoms with van der Waals surface area (Å²) < 4.78 is 10.7. The number of ketones is 1. The fraction of sp³-hybridized carbons (Fsp3) is 0.158. The fourth-order valence-corrected chi connectivity index (χ4v) is 2.88. The molecule has 122 valence electrons. The number of nitrogens with zero attached hydrogens (tertiary/aromatic N) is 1. The zero-order valence-electron chi connectivity index (χ0n) is 13.3. The van der Waals surface area contributed by atoms with E-state index in [4.69, 9.17) is 9.47 Å². The van der Waals surface area contributed by atoms with Crippen LogP contribution in [0.15, 0.2) is 58.4 Å². The van der Waals surface area contributed by atoms with Crippen LogP contribution in [0.1, 0.15) is 15.9 Å². The Morgan fingerprint density at radius 2 is 2.04 bits per heavy atom. The second-order valence-electron chi connectivity index (χ2n) is 5.14. The van der Waals surface area contributed by atoms with Gasteiger partial charge in [-0.3, -0.25) is 9.79 Å². The average molecular weight is 339 g/mol. The fourth-order valence-electron chi connectivity index (χ4n) is 2.21. The number of aliphatic imine (C=N–C) groups is 1. The third-order valence-electron chi connectivity index (χ3n) is 3.47. The van der Waals surface area contributed by atoms with Gasteiger partial charge in [0.25, 0.3) is 0 Å². The molecular weight excluding hydrogens is 322 g/mol. The van der Waals surface area contributed by atoms with Crippen molar-refractivity contribution in [3.05, 3.63) is 64.6 Å². The summed E-state index contributed by atoms with van der Waals surface area (Å²) in [5, 5.41) is 0. The number of thioether (sulfide) groups is 1. The van der Waals surface area contributed by atoms with Gasteiger partial charge in [0.1, 0.15) is 11.5 Å². The first-order chi connectivity index (χ1) is 11.7. The van der Waals surface area contributed by atoms with Crippen LogP contribution in [0.5, 0.6) is 11.5 Å². The molecule has 1 heterocycles. The van der Waals surface area contributed by atoms with Gasteiger partial charge >= 0.3 is 0 Å². The molecule has 0 unspecified atom stereocenters. The molecule has 4 nitrogen and oxygen atoms in total. The minimum absolute atomic E-state index is 0.00386. The van der Waals surface area contributed by atoms with Crippen molar-refractivity contribution in [3.8, 4) is 11.5 Å². The highest BCUT2D eigenvalue weighted by atomic mass is 32.2. The summed E-state index contributed by atoms with van der Waals surface area (Å²) in [5.74, 6) is 2.03. The normalized spacial score (nSPS) is 14.8. The van der Waals surface area contributed by atoms with Gasteiger partial charge < -0.3 is 9.47 Å². The molecule has 1 aliphatic rings. The Morgan fingerprint density at radius 1 is 1.21 bits per heavy atom. The molecule has 0 aliphatic carbocycles. The lowest BCUT2D eigenvalue weighted by Crippen LogP contribution is -2.11. The van der Waals surface area contributed by atoms with Crippen LogP contribution >= 0.6 is 11.8 Å². The minimum Gasteiger partial charge on any atom is -0.497 e. The van der Waals surface area contributed by atoms with Crippen LogP contribution in [-0.2, 0) is 0 Å². The van der Waals surface area contributed by atoms with Gasteiger partial charge in [-0.15, -0.1) is 11.8 Å². The third kappa shape index (κ3) is 4.26. The molecule has 0 saturated carbocycles. The van der Waals surface area contributed by atoms with Crippen LogP contribution in [0.3, 0.4) is 0 Å². The van der Waals surface area contributed by atoms with Crippen LogP contribution in [-0.4, -0.2) is 31.6 Å². The van der Waals surface area contributed by atoms with Gasteiger partial charge in [-0.25, -0.2) is 0 Å². The van der Waals surface area contributed by atoms with Crippen molar-refractivity contribution < 1.29 is 14.3 Å². The number of methoxy groups -OCH3 is 1. The van der Waals surface area contributed by atoms with Gasteiger partial charge in [-0.05, 0) is 35.9 Å². The Hall–Kier alpha value is -2.53. The van der Waals surface area contributed by atoms with Crippen molar-refractivity contribution in [2.75, 3.05) is 19.6 Å². The van der Waals surface area contributed by atoms with Crippen molar-refractivity contribution in [2.24, 2.45) is 4.99 Å². The molecular formula is C19H17NO3S. The summed E-state index contributed by atoms with van der Waals surface area (Å²) in [4.78, 5) is 17.5. The van der Waals surface area contributed by atoms with E-state index in [-0.39, 0.29) is 12.4 Å². The zero-order valence-corrected chi connectivity index (χ0v) is 14.1. The van der Waals surface area contributed by atoms with E-state index >= 15 is 0 Å². The number of carbonyl (C=O) groups excluding carboxylic acids is 1. The predicted octanol–water partition coefficient (Wildman–Crippen LogP) is 4.07. The van der Waals surface area contributed by atoms with Gasteiger partial charge in [-0.2, -0.15) is 0 Å². The lowest BCUT2D eigenvalue weighted by Gasteiger charge is -2.07. The lowest BCUT2D eigenvalue weighted by atomic mass is 10.1. The van der Waals surface area contributed by atoms with Crippen LogP contribution < -0.4 is 9.47 Å². The SMILES string of the molecule is COc1cccc(C(=O)COc2ccc(/C=C3/C=NCS3)cc2)c1. The average Bonchev–Trinajstić information content (AvgIpc) is 3.14. The number of benzene rings is 2. The topological polar surface area (TPSA) is 47.9 Å². The number of carbonyl (C=O) groups is 1. The molecule has 24 heavy (non-hydrogen) atoms. The first kappa shape index (κ1) is 16.3. The Balaban J connectivity index is 1.59. The number of allylic oxidation sites excluding steroid dienone is 1. The molecule has 3 rings (SSSR count). The van der Waals surface area contributed by atoms with Crippen molar-refractivity contribution in [1.82, 2.24) is 0 Å². The largest absolute Gasteiger partial charge is 0.497 e. The number of Topliss-reactive ketones (excluding diaryl/α,β-unsaturated/α-hetero) is 1. The first-order valence-electron chi connectivity index (χ1n) is 7.49. The standard InChI is InChI=1S/C19H17NO3S/c1-22-17-4-2-3-15(10-17)19(21)12-23-16-7-5-14(6-8-16)9-18-11-20-13-24-18/h2-11H,12-13H2,1H3/b18-9-. The minimum atomic E-state index is -0.0846. The van der Waals surface area contributed by atoms with Gasteiger partial charge in [0.05, 0.1) is 13.0 Å². The summed E-state index contributed by atoms with van der Waals surface area (Å²) >= 11 is 1.71. The van der Waals surface area contributed by atoms with Gasteiger partial charge in [0, 0.05) is 16.7 Å². The van der Waals surface area contributed by atoms with Crippen LogP contribution in [0.4, 0.5) is 0 Å². The van der Waals surface area contributed by atoms with E-state index in [0.29, 0.717) is 17.1 Å². The summed E-state index contributed by atoms with van der Waals surface area (Å²) in [5.41, 5.74) is 1.66. The first-order valence-corrected chi connectivity index (χ1v) is 8.47. The molecule has 0 atom stereocenters. The molecule has 0 radical (unpaired) electrons. The molecule has 0 saturated heterocycles. The van der Waals surface area contributed by atoms with Gasteiger partial charge in [0.15, 0.2) is 12.4 Å². The zero-order chi connectivity index (χ0) is 16.8. The van der Waals surface area contributed by atoms with Crippen molar-refractivity contribution in [2.45, 2.75) is 0 Å². The second kappa shape index (κ2) is 7.84. The van der Waals surface area contributed by atoms with Gasteiger partial charge in [0.2, 0.25) is 0 Å². The van der Waals surface area contributed by atoms with Crippen molar-refractivity contribution in [1.29, 1.82) is 0 Å². The number of rotatable bonds is 6. The third-order valence-corrected chi connectivity index (χ3v) is 4.31. The molecule has 5 heteroatoms. The quantitative estimate of drug-likeness (QED) is 0.744. The number of ether oxygens (including phenoxy) is 2. The number of hydrogen-bond donors (Lipinski definition) is 0. The number of hydrogen-bond acceptors (Lipinski definition) is 5. The monoisotopic (exact) mass is 339 g/mol. The summed E-state index contributed by atoms with van der Waals surface area (Å²) in [6, 6.07) is 14.7. The summed E-state index contributed by atoms with van der Waals surface area (Å²) in [7, 11) is 1.58. The summed E-state index contributed by atoms with van der Waals surface area (Å²) in [6.07, 6.45) is 3.95. The molecule has 2 aromatic rings. The predicted molar refractivity (Wildman–Crippen MR) is 98.2 cm³/mol. The Labute approximate surface area is 145 Å². The van der Waals surface area contributed by atoms with E-state index in [0.717, 1.165) is 16.3 Å². The molecule has 0 N–H and O–H groups in total. The maximum Gasteiger partial charge on any atom is 0.200 e. The maximum absolute atomic E-state index is 12.2. The Morgan fingerprint density at radius 3 is 2.75 bits per heavy atom. The van der Waals surface area contributed by atoms with E-state index in [1.54, 1.807) is 43.1 Å². The molecule has 0 fully saturated rings. The van der Waals surface area contributed by atoms with E-state index in [9.17, 15) is 4.79 Å². The summed E-state index contributed by atoms with van der Waals surface area (Å²) in [6.45, 7) is -0.00386. The molecule has 1 aliphatic heterocycles. The van der Waals surface area contributed by atoms with E-state index in [2.05, 4.69) is 11.1 Å². The molecule has 0 bridgehead atoms. The van der Waals surface area contributed by atoms with Crippen LogP contribution in [0.25, 0.3) is 6.08 Å². The van der Waals surface area contributed by atoms with E-state index in [1.807, 2.05) is 30.5 Å². The van der Waals surface area contributed by atoms with E-state index in [1.165, 1.54) is 0 Å². The Kier molecular flexibility index (Phi) is 5.33. The molecule has 0 amide bonds. The highest BCUT2D eigenvalue weighted by molar-refractivity contribution is 8.04. The smallest absolute Gasteiger partial charge is 0.200 e. The van der Waals surface area contributed by atoms with Crippen LogP contribution in [0, 0.1) is 0 Å². The lowest BCUT2D eigenvalue weighted by molar-refractivity contribution is 0.0921. The molecule has 0 spiro atoms. The highest BCUT2D eigenvalue weighted by Gasteiger charge is 2.08. The van der Waals surface area contributed by atoms with Gasteiger partial charge in [-0.1, -0.05) is 24.3 Å². The second-order valence-corrected chi connectivity index (χ2v) is 6.16. The molecule has 0 aromatic heterocycles.